The summed E-state index contributed by atoms with van der Waals surface area (Å²) in [6, 6.07) is 4.18. The smallest absolute Gasteiger partial charge is 0.343 e. The van der Waals surface area contributed by atoms with Gasteiger partial charge in [-0.15, -0.1) is 10.2 Å². The largest absolute Gasteiger partial charge is 0.445 e. The molecule has 134 valence electrons. The lowest BCUT2D eigenvalue weighted by molar-refractivity contribution is -0.138. The summed E-state index contributed by atoms with van der Waals surface area (Å²) in [6.45, 7) is 1.12. The highest BCUT2D eigenvalue weighted by atomic mass is 79.9. The number of halogens is 5. The lowest BCUT2D eigenvalue weighted by atomic mass is 10.1. The van der Waals surface area contributed by atoms with Crippen LogP contribution in [0, 0.1) is 5.82 Å². The Balaban J connectivity index is 1.65. The normalized spacial score (nSPS) is 15.6. The third-order valence-corrected chi connectivity index (χ3v) is 5.18. The van der Waals surface area contributed by atoms with Crippen LogP contribution in [-0.2, 0) is 6.18 Å². The van der Waals surface area contributed by atoms with Crippen molar-refractivity contribution in [1.82, 2.24) is 15.1 Å². The van der Waals surface area contributed by atoms with Gasteiger partial charge in [-0.25, -0.2) is 4.39 Å². The standard InChI is InChI=1S/C14H11BrF4N4OS/c15-8-1-2-9(10(16)7-8)11(24)22-3-5-23(6-4-22)13-21-20-12(25-13)14(17,18)19/h1-2,7H,3-6H2. The van der Waals surface area contributed by atoms with E-state index in [4.69, 9.17) is 0 Å². The van der Waals surface area contributed by atoms with Crippen LogP contribution in [0.4, 0.5) is 22.7 Å². The number of nitrogens with zero attached hydrogens (tertiary/aromatic N) is 4. The zero-order chi connectivity index (χ0) is 18.2. The van der Waals surface area contributed by atoms with E-state index in [1.807, 2.05) is 0 Å². The Morgan fingerprint density at radius 2 is 1.84 bits per heavy atom. The highest BCUT2D eigenvalue weighted by Crippen LogP contribution is 2.34. The van der Waals surface area contributed by atoms with Crippen molar-refractivity contribution in [3.8, 4) is 0 Å². The maximum Gasteiger partial charge on any atom is 0.445 e. The van der Waals surface area contributed by atoms with E-state index in [1.54, 1.807) is 11.0 Å². The lowest BCUT2D eigenvalue weighted by Gasteiger charge is -2.34. The monoisotopic (exact) mass is 438 g/mol. The molecule has 1 amide bonds. The SMILES string of the molecule is O=C(c1ccc(Br)cc1F)N1CCN(c2nnc(C(F)(F)F)s2)CC1. The maximum atomic E-state index is 13.9. The summed E-state index contributed by atoms with van der Waals surface area (Å²) < 4.78 is 52.2. The molecule has 2 aromatic rings. The van der Waals surface area contributed by atoms with E-state index < -0.39 is 22.9 Å². The summed E-state index contributed by atoms with van der Waals surface area (Å²) in [5.74, 6) is -1.07. The molecule has 0 atom stereocenters. The van der Waals surface area contributed by atoms with E-state index >= 15 is 0 Å². The molecule has 1 fully saturated rings. The minimum Gasteiger partial charge on any atom is -0.343 e. The molecule has 3 rings (SSSR count). The Bertz CT molecular complexity index is 789. The van der Waals surface area contributed by atoms with Crippen LogP contribution < -0.4 is 4.90 Å². The van der Waals surface area contributed by atoms with E-state index in [9.17, 15) is 22.4 Å². The molecule has 11 heteroatoms. The second-order valence-electron chi connectivity index (χ2n) is 5.29. The first-order chi connectivity index (χ1) is 11.8. The number of anilines is 1. The van der Waals surface area contributed by atoms with Gasteiger partial charge in [-0.1, -0.05) is 27.3 Å². The fourth-order valence-electron chi connectivity index (χ4n) is 2.39. The Hall–Kier alpha value is -1.75. The number of carbonyl (C=O) groups excluding carboxylic acids is 1. The van der Waals surface area contributed by atoms with Crippen LogP contribution in [0.3, 0.4) is 0 Å². The predicted molar refractivity (Wildman–Crippen MR) is 87.1 cm³/mol. The molecular formula is C14H11BrF4N4OS. The third-order valence-electron chi connectivity index (χ3n) is 3.66. The summed E-state index contributed by atoms with van der Waals surface area (Å²) in [4.78, 5) is 15.5. The Morgan fingerprint density at radius 3 is 2.40 bits per heavy atom. The van der Waals surface area contributed by atoms with E-state index in [-0.39, 0.29) is 23.8 Å². The molecule has 5 nitrogen and oxygen atoms in total. The highest BCUT2D eigenvalue weighted by molar-refractivity contribution is 9.10. The van der Waals surface area contributed by atoms with Crippen LogP contribution in [0.2, 0.25) is 0 Å². The number of benzene rings is 1. The van der Waals surface area contributed by atoms with Crippen LogP contribution in [0.25, 0.3) is 0 Å². The number of rotatable bonds is 2. The van der Waals surface area contributed by atoms with Gasteiger partial charge in [0.2, 0.25) is 10.1 Å². The number of carbonyl (C=O) groups is 1. The van der Waals surface area contributed by atoms with Crippen LogP contribution in [-0.4, -0.2) is 47.2 Å². The van der Waals surface area contributed by atoms with Gasteiger partial charge >= 0.3 is 6.18 Å². The Labute approximate surface area is 152 Å². The second-order valence-corrected chi connectivity index (χ2v) is 7.16. The average molecular weight is 439 g/mol. The van der Waals surface area contributed by atoms with Gasteiger partial charge in [-0.2, -0.15) is 13.2 Å². The average Bonchev–Trinajstić information content (AvgIpc) is 3.05. The van der Waals surface area contributed by atoms with Gasteiger partial charge in [-0.3, -0.25) is 4.79 Å². The third kappa shape index (κ3) is 3.92. The van der Waals surface area contributed by atoms with Crippen LogP contribution in [0.5, 0.6) is 0 Å². The van der Waals surface area contributed by atoms with Gasteiger partial charge in [0.15, 0.2) is 0 Å². The van der Waals surface area contributed by atoms with Gasteiger partial charge in [0.25, 0.3) is 5.91 Å². The number of aromatic nitrogens is 2. The van der Waals surface area contributed by atoms with Crippen LogP contribution in [0.1, 0.15) is 15.4 Å². The molecule has 0 radical (unpaired) electrons. The fraction of sp³-hybridized carbons (Fsp3) is 0.357. The van der Waals surface area contributed by atoms with Gasteiger partial charge in [-0.05, 0) is 18.2 Å². The first-order valence-corrected chi connectivity index (χ1v) is 8.76. The van der Waals surface area contributed by atoms with E-state index in [1.165, 1.54) is 17.0 Å². The van der Waals surface area contributed by atoms with Crippen molar-refractivity contribution in [2.24, 2.45) is 0 Å². The van der Waals surface area contributed by atoms with Crippen LogP contribution >= 0.6 is 27.3 Å². The van der Waals surface area contributed by atoms with Crippen molar-refractivity contribution in [2.75, 3.05) is 31.1 Å². The van der Waals surface area contributed by atoms with E-state index in [0.717, 1.165) is 0 Å². The summed E-state index contributed by atoms with van der Waals surface area (Å²) in [7, 11) is 0. The van der Waals surface area contributed by atoms with Crippen molar-refractivity contribution in [3.63, 3.8) is 0 Å². The van der Waals surface area contributed by atoms with Crippen molar-refractivity contribution >= 4 is 38.3 Å². The van der Waals surface area contributed by atoms with Crippen molar-refractivity contribution in [1.29, 1.82) is 0 Å². The molecule has 1 aliphatic heterocycles. The quantitative estimate of drug-likeness (QED) is 0.674. The van der Waals surface area contributed by atoms with Gasteiger partial charge in [0.1, 0.15) is 5.82 Å². The van der Waals surface area contributed by atoms with Crippen molar-refractivity contribution < 1.29 is 22.4 Å². The fourth-order valence-corrected chi connectivity index (χ4v) is 3.49. The summed E-state index contributed by atoms with van der Waals surface area (Å²) in [6.07, 6.45) is -4.52. The summed E-state index contributed by atoms with van der Waals surface area (Å²) >= 11 is 3.59. The number of piperazine rings is 1. The van der Waals surface area contributed by atoms with Crippen molar-refractivity contribution in [2.45, 2.75) is 6.18 Å². The minimum atomic E-state index is -4.52. The van der Waals surface area contributed by atoms with Crippen LogP contribution in [0.15, 0.2) is 22.7 Å². The first-order valence-electron chi connectivity index (χ1n) is 7.15. The van der Waals surface area contributed by atoms with Crippen molar-refractivity contribution in [3.05, 3.63) is 39.1 Å². The zero-order valence-electron chi connectivity index (χ0n) is 12.6. The summed E-state index contributed by atoms with van der Waals surface area (Å²) in [5.41, 5.74) is -0.0353. The molecule has 25 heavy (non-hydrogen) atoms. The Kier molecular flexibility index (Phi) is 4.96. The predicted octanol–water partition coefficient (Wildman–Crippen LogP) is 3.42. The molecule has 1 aromatic carbocycles. The molecule has 0 unspecified atom stereocenters. The molecule has 1 aromatic heterocycles. The topological polar surface area (TPSA) is 49.3 Å². The van der Waals surface area contributed by atoms with Gasteiger partial charge in [0, 0.05) is 30.7 Å². The number of hydrogen-bond acceptors (Lipinski definition) is 5. The number of amides is 1. The van der Waals surface area contributed by atoms with Gasteiger partial charge < -0.3 is 9.80 Å². The molecule has 1 saturated heterocycles. The second kappa shape index (κ2) is 6.87. The van der Waals surface area contributed by atoms with E-state index in [0.29, 0.717) is 28.9 Å². The lowest BCUT2D eigenvalue weighted by Crippen LogP contribution is -2.49. The molecule has 1 aliphatic rings. The zero-order valence-corrected chi connectivity index (χ0v) is 15.0. The number of hydrogen-bond donors (Lipinski definition) is 0. The Morgan fingerprint density at radius 1 is 1.16 bits per heavy atom. The van der Waals surface area contributed by atoms with E-state index in [2.05, 4.69) is 26.1 Å². The first kappa shape index (κ1) is 18.1. The molecule has 2 heterocycles. The molecular weight excluding hydrogens is 428 g/mol. The molecule has 0 N–H and O–H groups in total. The molecule has 0 saturated carbocycles. The maximum absolute atomic E-state index is 13.9. The van der Waals surface area contributed by atoms with Gasteiger partial charge in [0.05, 0.1) is 5.56 Å². The number of alkyl halides is 3. The summed E-state index contributed by atoms with van der Waals surface area (Å²) in [5, 5.41) is 5.87. The molecule has 0 bridgehead atoms. The molecule has 0 aliphatic carbocycles. The highest BCUT2D eigenvalue weighted by Gasteiger charge is 2.36. The minimum absolute atomic E-state index is 0.0353. The molecule has 0 spiro atoms.